The van der Waals surface area contributed by atoms with Crippen LogP contribution in [0.4, 0.5) is 0 Å². The summed E-state index contributed by atoms with van der Waals surface area (Å²) in [5.41, 5.74) is 12.8. The summed E-state index contributed by atoms with van der Waals surface area (Å²) in [4.78, 5) is 15.0. The van der Waals surface area contributed by atoms with E-state index < -0.39 is 5.41 Å². The monoisotopic (exact) mass is 635 g/mol. The van der Waals surface area contributed by atoms with Gasteiger partial charge in [-0.05, 0) is 62.7 Å². The van der Waals surface area contributed by atoms with Gasteiger partial charge in [-0.15, -0.1) is 0 Å². The molecule has 6 aromatic carbocycles. The van der Waals surface area contributed by atoms with Crippen LogP contribution < -0.4 is 5.46 Å². The number of hydrogen-bond acceptors (Lipinski definition) is 3. The fourth-order valence-corrected chi connectivity index (χ4v) is 7.61. The summed E-state index contributed by atoms with van der Waals surface area (Å²) in [5, 5.41) is 0. The quantitative estimate of drug-likeness (QED) is 0.182. The highest BCUT2D eigenvalue weighted by atomic mass is 79.9. The minimum atomic E-state index is -0.538. The lowest BCUT2D eigenvalue weighted by atomic mass is 9.69. The molecular weight excluding hydrogens is 613 g/mol. The molecule has 1 unspecified atom stereocenters. The fourth-order valence-electron chi connectivity index (χ4n) is 7.25. The van der Waals surface area contributed by atoms with E-state index in [2.05, 4.69) is 88.7 Å². The normalized spacial score (nSPS) is 15.4. The molecular formula is C40H23BBrN3. The average molecular weight is 636 g/mol. The molecule has 3 nitrogen and oxygen atoms in total. The summed E-state index contributed by atoms with van der Waals surface area (Å²) >= 11 is 3.79. The van der Waals surface area contributed by atoms with Gasteiger partial charge in [0.1, 0.15) is 7.85 Å². The van der Waals surface area contributed by atoms with Gasteiger partial charge in [0.15, 0.2) is 17.5 Å². The third-order valence-electron chi connectivity index (χ3n) is 9.13. The molecule has 0 aliphatic heterocycles. The lowest BCUT2D eigenvalue weighted by molar-refractivity contribution is 0.794. The Balaban J connectivity index is 1.34. The summed E-state index contributed by atoms with van der Waals surface area (Å²) in [6, 6.07) is 48.6. The van der Waals surface area contributed by atoms with Crippen molar-refractivity contribution in [3.63, 3.8) is 0 Å². The van der Waals surface area contributed by atoms with Crippen molar-refractivity contribution in [2.75, 3.05) is 0 Å². The van der Waals surface area contributed by atoms with Crippen LogP contribution in [0.5, 0.6) is 0 Å². The lowest BCUT2D eigenvalue weighted by Crippen LogP contribution is -2.27. The Morgan fingerprint density at radius 2 is 0.911 bits per heavy atom. The Kier molecular flexibility index (Phi) is 5.81. The van der Waals surface area contributed by atoms with Gasteiger partial charge in [0, 0.05) is 21.2 Å². The van der Waals surface area contributed by atoms with Crippen molar-refractivity contribution in [1.82, 2.24) is 15.0 Å². The van der Waals surface area contributed by atoms with Crippen LogP contribution >= 0.6 is 15.9 Å². The van der Waals surface area contributed by atoms with Gasteiger partial charge in [0.05, 0.1) is 5.41 Å². The predicted molar refractivity (Wildman–Crippen MR) is 186 cm³/mol. The van der Waals surface area contributed by atoms with Crippen LogP contribution in [0, 0.1) is 0 Å². The molecule has 7 aromatic rings. The molecule has 2 aliphatic rings. The van der Waals surface area contributed by atoms with E-state index in [9.17, 15) is 0 Å². The molecule has 5 heteroatoms. The second kappa shape index (κ2) is 9.95. The van der Waals surface area contributed by atoms with Crippen molar-refractivity contribution < 1.29 is 0 Å². The third kappa shape index (κ3) is 3.87. The van der Waals surface area contributed by atoms with Crippen molar-refractivity contribution in [1.29, 1.82) is 0 Å². The zero-order valence-electron chi connectivity index (χ0n) is 24.1. The fraction of sp³-hybridized carbons (Fsp3) is 0.0250. The number of aromatic nitrogens is 3. The standard InChI is InChI=1S/C40H23BBrN3/c41-27-16-19-31-32-20-17-28(42)23-36(32)40(35(31)22-27)33-14-8-7-13-29(33)30-18-15-26(21-34(30)40)39-44-37(24-9-3-1-4-10-24)43-38(45-39)25-11-5-2-6-12-25/h1-23H. The number of hydrogen-bond donors (Lipinski definition) is 0. The first-order chi connectivity index (χ1) is 22.1. The van der Waals surface area contributed by atoms with Gasteiger partial charge in [-0.3, -0.25) is 0 Å². The maximum absolute atomic E-state index is 6.52. The molecule has 208 valence electrons. The van der Waals surface area contributed by atoms with E-state index in [0.29, 0.717) is 17.5 Å². The Labute approximate surface area is 271 Å². The van der Waals surface area contributed by atoms with Gasteiger partial charge in [0.2, 0.25) is 0 Å². The van der Waals surface area contributed by atoms with Crippen LogP contribution in [-0.2, 0) is 5.41 Å². The largest absolute Gasteiger partial charge is 0.208 e. The second-order valence-corrected chi connectivity index (χ2v) is 12.5. The van der Waals surface area contributed by atoms with Crippen molar-refractivity contribution >= 4 is 29.2 Å². The molecule has 9 rings (SSSR count). The molecule has 2 aliphatic carbocycles. The van der Waals surface area contributed by atoms with Crippen molar-refractivity contribution in [2.45, 2.75) is 5.41 Å². The minimum Gasteiger partial charge on any atom is -0.208 e. The highest BCUT2D eigenvalue weighted by molar-refractivity contribution is 9.10. The molecule has 0 bridgehead atoms. The van der Waals surface area contributed by atoms with Gasteiger partial charge < -0.3 is 0 Å². The Morgan fingerprint density at radius 1 is 0.422 bits per heavy atom. The number of halogens is 1. The van der Waals surface area contributed by atoms with Crippen molar-refractivity contribution in [3.05, 3.63) is 166 Å². The van der Waals surface area contributed by atoms with Crippen LogP contribution in [-0.4, -0.2) is 22.8 Å². The number of rotatable bonds is 3. The van der Waals surface area contributed by atoms with Crippen LogP contribution in [0.25, 0.3) is 56.4 Å². The number of nitrogens with zero attached hydrogens (tertiary/aromatic N) is 3. The van der Waals surface area contributed by atoms with Crippen molar-refractivity contribution in [3.8, 4) is 56.4 Å². The number of benzene rings is 6. The zero-order valence-corrected chi connectivity index (χ0v) is 25.7. The first-order valence-electron chi connectivity index (χ1n) is 14.9. The van der Waals surface area contributed by atoms with Gasteiger partial charge >= 0.3 is 0 Å². The third-order valence-corrected chi connectivity index (χ3v) is 9.62. The summed E-state index contributed by atoms with van der Waals surface area (Å²) < 4.78 is 1.04. The molecule has 1 atom stereocenters. The second-order valence-electron chi connectivity index (χ2n) is 11.6. The van der Waals surface area contributed by atoms with Crippen LogP contribution in [0.2, 0.25) is 0 Å². The van der Waals surface area contributed by atoms with Gasteiger partial charge in [-0.25, -0.2) is 15.0 Å². The maximum atomic E-state index is 6.52. The minimum absolute atomic E-state index is 0.538. The Bertz CT molecular complexity index is 2190. The van der Waals surface area contributed by atoms with E-state index in [4.69, 9.17) is 22.8 Å². The van der Waals surface area contributed by atoms with E-state index in [1.165, 1.54) is 44.5 Å². The molecule has 2 radical (unpaired) electrons. The van der Waals surface area contributed by atoms with E-state index >= 15 is 0 Å². The highest BCUT2D eigenvalue weighted by Crippen LogP contribution is 2.63. The van der Waals surface area contributed by atoms with Crippen LogP contribution in [0.15, 0.2) is 144 Å². The molecule has 1 spiro atoms. The SMILES string of the molecule is [B]c1ccc2c(c1)C1(c3ccccc3-c3ccc(-c4nc(-c5ccccc5)nc(-c5ccccc5)n4)cc31)c1cc(Br)ccc1-2. The first-order valence-corrected chi connectivity index (χ1v) is 15.7. The molecule has 1 heterocycles. The predicted octanol–water partition coefficient (Wildman–Crippen LogP) is 8.77. The van der Waals surface area contributed by atoms with Crippen molar-refractivity contribution in [2.24, 2.45) is 0 Å². The number of fused-ring (bicyclic) bond motifs is 10. The Hall–Kier alpha value is -5.13. The summed E-state index contributed by atoms with van der Waals surface area (Å²) in [6.45, 7) is 0. The average Bonchev–Trinajstić information content (AvgIpc) is 3.54. The molecule has 0 saturated carbocycles. The van der Waals surface area contributed by atoms with Crippen LogP contribution in [0.3, 0.4) is 0 Å². The van der Waals surface area contributed by atoms with E-state index in [1.54, 1.807) is 0 Å². The molecule has 0 saturated heterocycles. The van der Waals surface area contributed by atoms with Gasteiger partial charge in [0.25, 0.3) is 0 Å². The van der Waals surface area contributed by atoms with E-state index in [-0.39, 0.29) is 0 Å². The van der Waals surface area contributed by atoms with E-state index in [1.807, 2.05) is 66.7 Å². The van der Waals surface area contributed by atoms with E-state index in [0.717, 1.165) is 26.6 Å². The summed E-state index contributed by atoms with van der Waals surface area (Å²) in [5.74, 6) is 1.93. The molecule has 0 fully saturated rings. The highest BCUT2D eigenvalue weighted by Gasteiger charge is 2.51. The first kappa shape index (κ1) is 26.3. The van der Waals surface area contributed by atoms with Gasteiger partial charge in [-0.2, -0.15) is 0 Å². The smallest absolute Gasteiger partial charge is 0.164 e. The summed E-state index contributed by atoms with van der Waals surface area (Å²) in [7, 11) is 6.52. The zero-order chi connectivity index (χ0) is 30.1. The lowest BCUT2D eigenvalue weighted by Gasteiger charge is -2.31. The summed E-state index contributed by atoms with van der Waals surface area (Å²) in [6.07, 6.45) is 0. The molecule has 0 amide bonds. The van der Waals surface area contributed by atoms with Crippen LogP contribution in [0.1, 0.15) is 22.3 Å². The maximum Gasteiger partial charge on any atom is 0.164 e. The molecule has 45 heavy (non-hydrogen) atoms. The molecule has 1 aromatic heterocycles. The van der Waals surface area contributed by atoms with Gasteiger partial charge in [-0.1, -0.05) is 143 Å². The molecule has 0 N–H and O–H groups in total. The topological polar surface area (TPSA) is 38.7 Å². The Morgan fingerprint density at radius 3 is 1.58 bits per heavy atom.